The summed E-state index contributed by atoms with van der Waals surface area (Å²) in [6, 6.07) is 4.84. The van der Waals surface area contributed by atoms with E-state index in [1.54, 1.807) is 18.2 Å². The number of nitrogens with zero attached hydrogens (tertiary/aromatic N) is 1. The molecule has 0 saturated carbocycles. The number of alkyl halides is 3. The fourth-order valence-corrected chi connectivity index (χ4v) is 1.41. The van der Waals surface area contributed by atoms with Gasteiger partial charge in [-0.05, 0) is 12.1 Å². The van der Waals surface area contributed by atoms with E-state index in [-0.39, 0.29) is 0 Å². The average molecular weight is 221 g/mol. The van der Waals surface area contributed by atoms with Crippen LogP contribution in [0.5, 0.6) is 0 Å². The highest BCUT2D eigenvalue weighted by Gasteiger charge is 2.37. The largest absolute Gasteiger partial charge is 0.450 e. The molecule has 76 valence electrons. The van der Waals surface area contributed by atoms with Crippen LogP contribution >= 0.6 is 11.8 Å². The van der Waals surface area contributed by atoms with Gasteiger partial charge in [0.05, 0.1) is 10.8 Å². The van der Waals surface area contributed by atoms with Crippen molar-refractivity contribution in [3.8, 4) is 0 Å². The first kappa shape index (κ1) is 11.0. The van der Waals surface area contributed by atoms with Gasteiger partial charge in [0.15, 0.2) is 0 Å². The van der Waals surface area contributed by atoms with Crippen molar-refractivity contribution in [3.63, 3.8) is 0 Å². The minimum atomic E-state index is -4.75. The molecule has 0 aromatic carbocycles. The third-order valence-corrected chi connectivity index (χ3v) is 2.25. The van der Waals surface area contributed by atoms with Crippen LogP contribution in [-0.2, 0) is 4.79 Å². The Morgan fingerprint density at radius 1 is 1.43 bits per heavy atom. The van der Waals surface area contributed by atoms with Crippen molar-refractivity contribution in [2.24, 2.45) is 0 Å². The molecule has 0 N–H and O–H groups in total. The van der Waals surface area contributed by atoms with Crippen LogP contribution < -0.4 is 0 Å². The van der Waals surface area contributed by atoms with Gasteiger partial charge in [0.2, 0.25) is 5.78 Å². The number of thioether (sulfide) groups is 1. The summed E-state index contributed by atoms with van der Waals surface area (Å²) in [6.45, 7) is 0. The summed E-state index contributed by atoms with van der Waals surface area (Å²) in [5, 5.41) is 0.408. The Hall–Kier alpha value is -1.04. The minimum Gasteiger partial charge on any atom is -0.289 e. The van der Waals surface area contributed by atoms with Gasteiger partial charge in [0.1, 0.15) is 0 Å². The molecular formula is C8H6F3NOS. The Bertz CT molecular complexity index is 312. The minimum absolute atomic E-state index is 0.408. The zero-order valence-electron chi connectivity index (χ0n) is 6.91. The van der Waals surface area contributed by atoms with Crippen molar-refractivity contribution in [1.82, 2.24) is 4.98 Å². The number of Topliss-reactive ketones (excluding diaryl/α,β-unsaturated/α-hetero) is 1. The average Bonchev–Trinajstić information content (AvgIpc) is 2.14. The second-order valence-corrected chi connectivity index (χ2v) is 3.37. The first-order valence-electron chi connectivity index (χ1n) is 3.64. The van der Waals surface area contributed by atoms with E-state index in [0.717, 1.165) is 11.8 Å². The number of hydrogen-bond donors (Lipinski definition) is 0. The van der Waals surface area contributed by atoms with Gasteiger partial charge in [-0.3, -0.25) is 4.79 Å². The SMILES string of the molecule is O=C(CSc1ccccn1)C(F)(F)F. The number of rotatable bonds is 3. The van der Waals surface area contributed by atoms with Crippen LogP contribution in [0.2, 0.25) is 0 Å². The van der Waals surface area contributed by atoms with Gasteiger partial charge in [0.25, 0.3) is 0 Å². The number of aromatic nitrogens is 1. The van der Waals surface area contributed by atoms with Gasteiger partial charge in [-0.2, -0.15) is 13.2 Å². The molecule has 0 aliphatic heterocycles. The number of carbonyl (C=O) groups is 1. The number of halogens is 3. The van der Waals surface area contributed by atoms with E-state index in [1.165, 1.54) is 6.20 Å². The predicted molar refractivity (Wildman–Crippen MR) is 46.0 cm³/mol. The quantitative estimate of drug-likeness (QED) is 0.733. The summed E-state index contributed by atoms with van der Waals surface area (Å²) in [6.07, 6.45) is -3.29. The van der Waals surface area contributed by atoms with Crippen molar-refractivity contribution in [2.45, 2.75) is 11.2 Å². The predicted octanol–water partition coefficient (Wildman–Crippen LogP) is 2.31. The Balaban J connectivity index is 2.46. The van der Waals surface area contributed by atoms with Crippen LogP contribution in [-0.4, -0.2) is 22.7 Å². The summed E-state index contributed by atoms with van der Waals surface area (Å²) in [5.74, 6) is -2.37. The standard InChI is InChI=1S/C8H6F3NOS/c9-8(10,11)6(13)5-14-7-3-1-2-4-12-7/h1-4H,5H2. The molecule has 0 amide bonds. The van der Waals surface area contributed by atoms with E-state index in [1.807, 2.05) is 0 Å². The van der Waals surface area contributed by atoms with Gasteiger partial charge < -0.3 is 0 Å². The maximum absolute atomic E-state index is 11.8. The monoisotopic (exact) mass is 221 g/mol. The van der Waals surface area contributed by atoms with Crippen molar-refractivity contribution < 1.29 is 18.0 Å². The van der Waals surface area contributed by atoms with Gasteiger partial charge in [-0.25, -0.2) is 4.98 Å². The van der Waals surface area contributed by atoms with Crippen LogP contribution in [0, 0.1) is 0 Å². The molecule has 1 rings (SSSR count). The molecule has 14 heavy (non-hydrogen) atoms. The van der Waals surface area contributed by atoms with Gasteiger partial charge in [-0.15, -0.1) is 0 Å². The number of carbonyl (C=O) groups excluding carboxylic acids is 1. The Morgan fingerprint density at radius 3 is 2.64 bits per heavy atom. The molecule has 0 saturated heterocycles. The lowest BCUT2D eigenvalue weighted by Crippen LogP contribution is -2.24. The maximum atomic E-state index is 11.8. The molecule has 0 radical (unpaired) electrons. The van der Waals surface area contributed by atoms with E-state index in [2.05, 4.69) is 4.98 Å². The smallest absolute Gasteiger partial charge is 0.289 e. The summed E-state index contributed by atoms with van der Waals surface area (Å²) in [5.41, 5.74) is 0. The fraction of sp³-hybridized carbons (Fsp3) is 0.250. The Labute approximate surface area is 82.5 Å². The van der Waals surface area contributed by atoms with Crippen molar-refractivity contribution in [1.29, 1.82) is 0 Å². The molecule has 0 aliphatic carbocycles. The highest BCUT2D eigenvalue weighted by Crippen LogP contribution is 2.21. The molecule has 0 aliphatic rings. The lowest BCUT2D eigenvalue weighted by molar-refractivity contribution is -0.167. The van der Waals surface area contributed by atoms with Gasteiger partial charge >= 0.3 is 6.18 Å². The van der Waals surface area contributed by atoms with Crippen molar-refractivity contribution in [3.05, 3.63) is 24.4 Å². The van der Waals surface area contributed by atoms with E-state index >= 15 is 0 Å². The lowest BCUT2D eigenvalue weighted by Gasteiger charge is -2.03. The number of ketones is 1. The molecule has 1 heterocycles. The zero-order chi connectivity index (χ0) is 10.6. The summed E-state index contributed by atoms with van der Waals surface area (Å²) in [7, 11) is 0. The number of hydrogen-bond acceptors (Lipinski definition) is 3. The van der Waals surface area contributed by atoms with Crippen LogP contribution in [0.15, 0.2) is 29.4 Å². The molecule has 0 bridgehead atoms. The maximum Gasteiger partial charge on any atom is 0.450 e. The highest BCUT2D eigenvalue weighted by molar-refractivity contribution is 7.99. The molecule has 0 unspecified atom stereocenters. The molecule has 2 nitrogen and oxygen atoms in total. The van der Waals surface area contributed by atoms with E-state index in [0.29, 0.717) is 5.03 Å². The summed E-state index contributed by atoms with van der Waals surface area (Å²) >= 11 is 0.775. The van der Waals surface area contributed by atoms with Crippen LogP contribution in [0.25, 0.3) is 0 Å². The number of pyridine rings is 1. The van der Waals surface area contributed by atoms with Crippen molar-refractivity contribution in [2.75, 3.05) is 5.75 Å². The third kappa shape index (κ3) is 3.37. The van der Waals surface area contributed by atoms with Crippen LogP contribution in [0.4, 0.5) is 13.2 Å². The van der Waals surface area contributed by atoms with Gasteiger partial charge in [0, 0.05) is 6.20 Å². The molecule has 0 atom stereocenters. The first-order valence-corrected chi connectivity index (χ1v) is 4.62. The fourth-order valence-electron chi connectivity index (χ4n) is 0.654. The van der Waals surface area contributed by atoms with Gasteiger partial charge in [-0.1, -0.05) is 17.8 Å². The molecule has 1 aromatic rings. The summed E-state index contributed by atoms with van der Waals surface area (Å²) < 4.78 is 35.3. The topological polar surface area (TPSA) is 30.0 Å². The molecule has 6 heteroatoms. The second-order valence-electron chi connectivity index (χ2n) is 2.38. The highest BCUT2D eigenvalue weighted by atomic mass is 32.2. The third-order valence-electron chi connectivity index (χ3n) is 1.31. The van der Waals surface area contributed by atoms with E-state index in [9.17, 15) is 18.0 Å². The first-order chi connectivity index (χ1) is 6.50. The van der Waals surface area contributed by atoms with Crippen molar-refractivity contribution >= 4 is 17.5 Å². The zero-order valence-corrected chi connectivity index (χ0v) is 7.73. The molecular weight excluding hydrogens is 215 g/mol. The van der Waals surface area contributed by atoms with Crippen LogP contribution in [0.3, 0.4) is 0 Å². The normalized spacial score (nSPS) is 11.4. The van der Waals surface area contributed by atoms with E-state index < -0.39 is 17.7 Å². The van der Waals surface area contributed by atoms with Crippen LogP contribution in [0.1, 0.15) is 0 Å². The molecule has 0 spiro atoms. The Morgan fingerprint density at radius 2 is 2.14 bits per heavy atom. The second kappa shape index (κ2) is 4.45. The lowest BCUT2D eigenvalue weighted by atomic mass is 10.4. The summed E-state index contributed by atoms with van der Waals surface area (Å²) in [4.78, 5) is 14.2. The van der Waals surface area contributed by atoms with E-state index in [4.69, 9.17) is 0 Å². The molecule has 1 aromatic heterocycles. The molecule has 0 fully saturated rings. The Kier molecular flexibility index (Phi) is 3.51.